The van der Waals surface area contributed by atoms with Crippen LogP contribution in [0.1, 0.15) is 31.1 Å². The predicted molar refractivity (Wildman–Crippen MR) is 78.3 cm³/mol. The molecule has 0 saturated heterocycles. The van der Waals surface area contributed by atoms with Gasteiger partial charge in [0.05, 0.1) is 23.7 Å². The molecule has 0 bridgehead atoms. The van der Waals surface area contributed by atoms with Crippen LogP contribution in [-0.2, 0) is 4.79 Å². The van der Waals surface area contributed by atoms with Gasteiger partial charge in [-0.3, -0.25) is 4.79 Å². The fourth-order valence-corrected chi connectivity index (χ4v) is 2.14. The second-order valence-corrected chi connectivity index (χ2v) is 4.96. The number of hydrogen-bond acceptors (Lipinski definition) is 4. The topological polar surface area (TPSA) is 76.4 Å². The zero-order valence-corrected chi connectivity index (χ0v) is 12.3. The first-order valence-corrected chi connectivity index (χ1v) is 6.55. The van der Waals surface area contributed by atoms with Crippen LogP contribution in [0.3, 0.4) is 0 Å². The highest BCUT2D eigenvalue weighted by molar-refractivity contribution is 5.78. The van der Waals surface area contributed by atoms with Gasteiger partial charge in [0, 0.05) is 31.9 Å². The molecule has 2 atom stereocenters. The largest absolute Gasteiger partial charge is 0.389 e. The van der Waals surface area contributed by atoms with Crippen LogP contribution in [0.15, 0.2) is 18.2 Å². The average Bonchev–Trinajstić information content (AvgIpc) is 2.45. The van der Waals surface area contributed by atoms with Gasteiger partial charge in [-0.25, -0.2) is 0 Å². The van der Waals surface area contributed by atoms with Gasteiger partial charge in [-0.05, 0) is 19.1 Å². The van der Waals surface area contributed by atoms with Crippen LogP contribution in [0.5, 0.6) is 0 Å². The Hall–Kier alpha value is -2.06. The van der Waals surface area contributed by atoms with Gasteiger partial charge >= 0.3 is 0 Å². The van der Waals surface area contributed by atoms with Gasteiger partial charge in [-0.15, -0.1) is 0 Å². The number of rotatable bonds is 5. The van der Waals surface area contributed by atoms with E-state index in [4.69, 9.17) is 5.26 Å². The first-order chi connectivity index (χ1) is 9.40. The SMILES string of the molecule is CNC(=O)C(C)CN(C)c1cc(C#N)ccc1[C@H](C)O. The highest BCUT2D eigenvalue weighted by Crippen LogP contribution is 2.27. The molecule has 0 aliphatic carbocycles. The summed E-state index contributed by atoms with van der Waals surface area (Å²) in [5, 5.41) is 21.4. The molecule has 1 aromatic rings. The van der Waals surface area contributed by atoms with Gasteiger partial charge in [-0.1, -0.05) is 13.0 Å². The van der Waals surface area contributed by atoms with Crippen LogP contribution < -0.4 is 10.2 Å². The van der Waals surface area contributed by atoms with E-state index in [0.717, 1.165) is 11.3 Å². The van der Waals surface area contributed by atoms with Crippen molar-refractivity contribution in [2.24, 2.45) is 5.92 Å². The van der Waals surface area contributed by atoms with Crippen molar-refractivity contribution in [3.05, 3.63) is 29.3 Å². The summed E-state index contributed by atoms with van der Waals surface area (Å²) in [6, 6.07) is 7.25. The van der Waals surface area contributed by atoms with E-state index in [2.05, 4.69) is 11.4 Å². The maximum Gasteiger partial charge on any atom is 0.224 e. The van der Waals surface area contributed by atoms with Crippen LogP contribution in [0.25, 0.3) is 0 Å². The molecule has 5 heteroatoms. The van der Waals surface area contributed by atoms with Crippen molar-refractivity contribution in [3.63, 3.8) is 0 Å². The lowest BCUT2D eigenvalue weighted by Gasteiger charge is -2.26. The quantitative estimate of drug-likeness (QED) is 0.852. The van der Waals surface area contributed by atoms with E-state index >= 15 is 0 Å². The van der Waals surface area contributed by atoms with Gasteiger partial charge in [0.1, 0.15) is 0 Å². The van der Waals surface area contributed by atoms with E-state index in [1.54, 1.807) is 32.2 Å². The van der Waals surface area contributed by atoms with Gasteiger partial charge in [0.2, 0.25) is 5.91 Å². The molecule has 0 fully saturated rings. The number of nitrogens with zero attached hydrogens (tertiary/aromatic N) is 2. The van der Waals surface area contributed by atoms with E-state index < -0.39 is 6.10 Å². The van der Waals surface area contributed by atoms with E-state index in [1.807, 2.05) is 18.9 Å². The maximum atomic E-state index is 11.6. The highest BCUT2D eigenvalue weighted by atomic mass is 16.3. The Labute approximate surface area is 119 Å². The molecule has 0 heterocycles. The Morgan fingerprint density at radius 3 is 2.65 bits per heavy atom. The predicted octanol–water partition coefficient (Wildman–Crippen LogP) is 1.43. The van der Waals surface area contributed by atoms with E-state index in [9.17, 15) is 9.90 Å². The minimum absolute atomic E-state index is 0.0353. The third kappa shape index (κ3) is 3.72. The second-order valence-electron chi connectivity index (χ2n) is 4.96. The summed E-state index contributed by atoms with van der Waals surface area (Å²) < 4.78 is 0. The lowest BCUT2D eigenvalue weighted by molar-refractivity contribution is -0.123. The van der Waals surface area contributed by atoms with Crippen LogP contribution in [0.4, 0.5) is 5.69 Å². The van der Waals surface area contributed by atoms with Crippen LogP contribution in [0, 0.1) is 17.2 Å². The number of hydrogen-bond donors (Lipinski definition) is 2. The van der Waals surface area contributed by atoms with Crippen LogP contribution in [-0.4, -0.2) is 31.7 Å². The lowest BCUT2D eigenvalue weighted by atomic mass is 10.0. The summed E-state index contributed by atoms with van der Waals surface area (Å²) in [6.45, 7) is 4.03. The molecule has 0 saturated carbocycles. The van der Waals surface area contributed by atoms with E-state index in [-0.39, 0.29) is 11.8 Å². The fourth-order valence-electron chi connectivity index (χ4n) is 2.14. The molecule has 0 aromatic heterocycles. The number of carbonyl (C=O) groups excluding carboxylic acids is 1. The molecule has 1 aromatic carbocycles. The molecule has 1 rings (SSSR count). The Morgan fingerprint density at radius 2 is 2.15 bits per heavy atom. The van der Waals surface area contributed by atoms with Crippen LogP contribution >= 0.6 is 0 Å². The fraction of sp³-hybridized carbons (Fsp3) is 0.467. The summed E-state index contributed by atoms with van der Waals surface area (Å²) in [6.07, 6.45) is -0.629. The van der Waals surface area contributed by atoms with E-state index in [0.29, 0.717) is 12.1 Å². The zero-order chi connectivity index (χ0) is 15.3. The molecule has 2 N–H and O–H groups in total. The number of nitrogens with one attached hydrogen (secondary N) is 1. The van der Waals surface area contributed by atoms with Crippen molar-refractivity contribution in [2.45, 2.75) is 20.0 Å². The van der Waals surface area contributed by atoms with Crippen molar-refractivity contribution >= 4 is 11.6 Å². The number of benzene rings is 1. The van der Waals surface area contributed by atoms with Gasteiger partial charge in [-0.2, -0.15) is 5.26 Å². The van der Waals surface area contributed by atoms with E-state index in [1.165, 1.54) is 0 Å². The van der Waals surface area contributed by atoms with Crippen molar-refractivity contribution in [1.29, 1.82) is 5.26 Å². The molecule has 1 unspecified atom stereocenters. The van der Waals surface area contributed by atoms with Gasteiger partial charge in [0.25, 0.3) is 0 Å². The minimum atomic E-state index is -0.629. The Morgan fingerprint density at radius 1 is 1.50 bits per heavy atom. The summed E-state index contributed by atoms with van der Waals surface area (Å²) in [7, 11) is 3.46. The zero-order valence-electron chi connectivity index (χ0n) is 12.3. The standard InChI is InChI=1S/C15H21N3O2/c1-10(15(20)17-3)9-18(4)14-7-12(8-16)5-6-13(14)11(2)19/h5-7,10-11,19H,9H2,1-4H3,(H,17,20)/t10?,11-/m0/s1. The summed E-state index contributed by atoms with van der Waals surface area (Å²) >= 11 is 0. The molecular formula is C15H21N3O2. The molecule has 108 valence electrons. The molecule has 1 amide bonds. The molecule has 0 aliphatic heterocycles. The monoisotopic (exact) mass is 275 g/mol. The summed E-state index contributed by atoms with van der Waals surface area (Å²) in [5.74, 6) is -0.218. The Kier molecular flexibility index (Phi) is 5.53. The summed E-state index contributed by atoms with van der Waals surface area (Å²) in [5.41, 5.74) is 2.05. The Bertz CT molecular complexity index is 520. The number of aliphatic hydroxyl groups is 1. The normalized spacial score (nSPS) is 13.2. The number of aliphatic hydroxyl groups excluding tert-OH is 1. The van der Waals surface area contributed by atoms with Crippen molar-refractivity contribution < 1.29 is 9.90 Å². The number of carbonyl (C=O) groups is 1. The number of nitriles is 1. The third-order valence-corrected chi connectivity index (χ3v) is 3.26. The molecular weight excluding hydrogens is 254 g/mol. The van der Waals surface area contributed by atoms with Gasteiger partial charge < -0.3 is 15.3 Å². The smallest absolute Gasteiger partial charge is 0.224 e. The number of amides is 1. The maximum absolute atomic E-state index is 11.6. The lowest BCUT2D eigenvalue weighted by Crippen LogP contribution is -2.34. The third-order valence-electron chi connectivity index (χ3n) is 3.26. The van der Waals surface area contributed by atoms with Crippen molar-refractivity contribution in [3.8, 4) is 6.07 Å². The molecule has 5 nitrogen and oxygen atoms in total. The van der Waals surface area contributed by atoms with Crippen molar-refractivity contribution in [1.82, 2.24) is 5.32 Å². The average molecular weight is 275 g/mol. The first-order valence-electron chi connectivity index (χ1n) is 6.55. The second kappa shape index (κ2) is 6.92. The molecule has 0 spiro atoms. The highest BCUT2D eigenvalue weighted by Gasteiger charge is 2.17. The Balaban J connectivity index is 3.04. The minimum Gasteiger partial charge on any atom is -0.389 e. The molecule has 0 aliphatic rings. The van der Waals surface area contributed by atoms with Crippen molar-refractivity contribution in [2.75, 3.05) is 25.5 Å². The summed E-state index contributed by atoms with van der Waals surface area (Å²) in [4.78, 5) is 13.5. The van der Waals surface area contributed by atoms with Crippen LogP contribution in [0.2, 0.25) is 0 Å². The van der Waals surface area contributed by atoms with Gasteiger partial charge in [0.15, 0.2) is 0 Å². The first kappa shape index (κ1) is 16.0. The number of anilines is 1. The molecule has 0 radical (unpaired) electrons. The molecule has 20 heavy (non-hydrogen) atoms.